The number of thiophene rings is 1. The van der Waals surface area contributed by atoms with Gasteiger partial charge in [0, 0.05) is 20.6 Å². The number of halogens is 1. The first-order chi connectivity index (χ1) is 15.3. The van der Waals surface area contributed by atoms with Gasteiger partial charge in [-0.25, -0.2) is 14.2 Å². The summed E-state index contributed by atoms with van der Waals surface area (Å²) in [5.74, 6) is -1.32. The first-order valence-electron chi connectivity index (χ1n) is 9.87. The molecule has 3 heterocycles. The second-order valence-electron chi connectivity index (χ2n) is 7.39. The number of amides is 1. The average molecular weight is 453 g/mol. The molecule has 32 heavy (non-hydrogen) atoms. The van der Waals surface area contributed by atoms with E-state index in [1.54, 1.807) is 43.9 Å². The molecule has 1 amide bonds. The van der Waals surface area contributed by atoms with Crippen LogP contribution in [0.3, 0.4) is 0 Å². The Balaban J connectivity index is 1.53. The van der Waals surface area contributed by atoms with Crippen molar-refractivity contribution in [1.82, 2.24) is 19.7 Å². The van der Waals surface area contributed by atoms with Crippen LogP contribution in [0.25, 0.3) is 21.6 Å². The summed E-state index contributed by atoms with van der Waals surface area (Å²) in [6, 6.07) is 11.4. The maximum absolute atomic E-state index is 13.1. The zero-order chi connectivity index (χ0) is 22.8. The van der Waals surface area contributed by atoms with E-state index in [1.165, 1.54) is 28.4 Å². The lowest BCUT2D eigenvalue weighted by molar-refractivity contribution is -0.133. The summed E-state index contributed by atoms with van der Waals surface area (Å²) >= 11 is 1.51. The van der Waals surface area contributed by atoms with Crippen LogP contribution in [0.1, 0.15) is 21.6 Å². The second kappa shape index (κ2) is 8.88. The summed E-state index contributed by atoms with van der Waals surface area (Å²) in [6.07, 6.45) is 0. The Kier molecular flexibility index (Phi) is 6.00. The molecule has 7 nitrogen and oxygen atoms in total. The molecule has 9 heteroatoms. The Bertz CT molecular complexity index is 1280. The third kappa shape index (κ3) is 4.38. The van der Waals surface area contributed by atoms with Gasteiger partial charge in [0.15, 0.2) is 12.3 Å². The highest BCUT2D eigenvalue weighted by Gasteiger charge is 2.22. The third-order valence-corrected chi connectivity index (χ3v) is 5.94. The van der Waals surface area contributed by atoms with Gasteiger partial charge in [0.25, 0.3) is 5.91 Å². The molecule has 0 unspecified atom stereocenters. The van der Waals surface area contributed by atoms with Crippen molar-refractivity contribution in [2.75, 3.05) is 13.7 Å². The largest absolute Gasteiger partial charge is 0.452 e. The lowest BCUT2D eigenvalue weighted by Crippen LogP contribution is -2.30. The molecular formula is C23H21FN4O3S. The topological polar surface area (TPSA) is 77.3 Å². The van der Waals surface area contributed by atoms with Crippen LogP contribution in [-0.2, 0) is 23.1 Å². The number of carbonyl (C=O) groups excluding carboxylic acids is 2. The van der Waals surface area contributed by atoms with E-state index in [4.69, 9.17) is 4.74 Å². The van der Waals surface area contributed by atoms with E-state index >= 15 is 0 Å². The summed E-state index contributed by atoms with van der Waals surface area (Å²) in [5, 5.41) is 6.92. The maximum Gasteiger partial charge on any atom is 0.339 e. The molecule has 4 rings (SSSR count). The molecule has 0 radical (unpaired) electrons. The van der Waals surface area contributed by atoms with Gasteiger partial charge in [0.1, 0.15) is 5.82 Å². The molecule has 0 aliphatic rings. The van der Waals surface area contributed by atoms with E-state index in [2.05, 4.69) is 10.1 Å². The number of ether oxygens (including phenoxy) is 1. The Morgan fingerprint density at radius 2 is 1.97 bits per heavy atom. The summed E-state index contributed by atoms with van der Waals surface area (Å²) in [7, 11) is 3.37. The minimum atomic E-state index is -0.616. The van der Waals surface area contributed by atoms with Gasteiger partial charge in [-0.05, 0) is 42.1 Å². The van der Waals surface area contributed by atoms with Crippen LogP contribution in [0.5, 0.6) is 0 Å². The highest BCUT2D eigenvalue weighted by Crippen LogP contribution is 2.29. The van der Waals surface area contributed by atoms with Gasteiger partial charge in [-0.15, -0.1) is 11.3 Å². The molecule has 164 valence electrons. The smallest absolute Gasteiger partial charge is 0.339 e. The van der Waals surface area contributed by atoms with E-state index in [0.717, 1.165) is 10.4 Å². The van der Waals surface area contributed by atoms with Crippen LogP contribution in [0.4, 0.5) is 4.39 Å². The maximum atomic E-state index is 13.1. The highest BCUT2D eigenvalue weighted by atomic mass is 32.1. The van der Waals surface area contributed by atoms with Crippen LogP contribution in [0, 0.1) is 12.7 Å². The number of rotatable bonds is 6. The molecule has 0 aliphatic carbocycles. The number of aromatic nitrogens is 3. The van der Waals surface area contributed by atoms with Crippen LogP contribution in [-0.4, -0.2) is 45.2 Å². The van der Waals surface area contributed by atoms with Crippen molar-refractivity contribution < 1.29 is 18.7 Å². The number of nitrogens with zero attached hydrogens (tertiary/aromatic N) is 4. The highest BCUT2D eigenvalue weighted by molar-refractivity contribution is 7.13. The molecule has 3 aromatic heterocycles. The molecule has 0 saturated heterocycles. The summed E-state index contributed by atoms with van der Waals surface area (Å²) in [5.41, 5.74) is 2.95. The van der Waals surface area contributed by atoms with Gasteiger partial charge in [-0.2, -0.15) is 5.10 Å². The predicted molar refractivity (Wildman–Crippen MR) is 120 cm³/mol. The molecule has 1 aromatic carbocycles. The molecule has 0 atom stereocenters. The zero-order valence-electron chi connectivity index (χ0n) is 17.8. The number of likely N-dealkylation sites (N-methyl/N-ethyl adjacent to an activating group) is 1. The van der Waals surface area contributed by atoms with Gasteiger partial charge in [0.05, 0.1) is 27.2 Å². The zero-order valence-corrected chi connectivity index (χ0v) is 18.6. The molecule has 0 N–H and O–H groups in total. The number of carbonyl (C=O) groups is 2. The Morgan fingerprint density at radius 3 is 2.66 bits per heavy atom. The lowest BCUT2D eigenvalue weighted by atomic mass is 10.1. The van der Waals surface area contributed by atoms with Crippen LogP contribution < -0.4 is 0 Å². The molecular weight excluding hydrogens is 431 g/mol. The normalized spacial score (nSPS) is 11.0. The fraction of sp³-hybridized carbons (Fsp3) is 0.217. The Hall–Kier alpha value is -3.59. The van der Waals surface area contributed by atoms with Crippen molar-refractivity contribution >= 4 is 34.2 Å². The van der Waals surface area contributed by atoms with Gasteiger partial charge < -0.3 is 9.64 Å². The molecule has 0 fully saturated rings. The van der Waals surface area contributed by atoms with E-state index in [1.807, 2.05) is 17.5 Å². The standard InChI is InChI=1S/C23H21FN4O3S/c1-14-21-17(11-18(19-5-4-10-32-19)25-22(21)28(3)26-14)23(30)31-13-20(29)27(2)12-15-6-8-16(24)9-7-15/h4-11H,12-13H2,1-3H3. The number of benzene rings is 1. The monoisotopic (exact) mass is 452 g/mol. The molecule has 0 bridgehead atoms. The van der Waals surface area contributed by atoms with E-state index < -0.39 is 12.6 Å². The predicted octanol–water partition coefficient (Wildman–Crippen LogP) is 3.96. The number of esters is 1. The Morgan fingerprint density at radius 1 is 1.22 bits per heavy atom. The number of hydrogen-bond donors (Lipinski definition) is 0. The van der Waals surface area contributed by atoms with Crippen molar-refractivity contribution in [2.24, 2.45) is 7.05 Å². The number of hydrogen-bond acceptors (Lipinski definition) is 6. The quantitative estimate of drug-likeness (QED) is 0.414. The second-order valence-corrected chi connectivity index (χ2v) is 8.34. The first-order valence-corrected chi connectivity index (χ1v) is 10.7. The molecule has 4 aromatic rings. The van der Waals surface area contributed by atoms with Crippen molar-refractivity contribution in [3.05, 3.63) is 70.5 Å². The third-order valence-electron chi connectivity index (χ3n) is 5.05. The fourth-order valence-electron chi connectivity index (χ4n) is 3.42. The number of pyridine rings is 1. The minimum absolute atomic E-state index is 0.278. The fourth-order valence-corrected chi connectivity index (χ4v) is 4.11. The summed E-state index contributed by atoms with van der Waals surface area (Å²) < 4.78 is 20.1. The van der Waals surface area contributed by atoms with Crippen molar-refractivity contribution in [2.45, 2.75) is 13.5 Å². The van der Waals surface area contributed by atoms with Gasteiger partial charge in [0.2, 0.25) is 0 Å². The molecule has 0 saturated carbocycles. The first kappa shape index (κ1) is 21.6. The van der Waals surface area contributed by atoms with Crippen molar-refractivity contribution in [3.63, 3.8) is 0 Å². The van der Waals surface area contributed by atoms with Crippen LogP contribution in [0.2, 0.25) is 0 Å². The Labute approximate surface area is 188 Å². The van der Waals surface area contributed by atoms with E-state index in [9.17, 15) is 14.0 Å². The molecule has 0 spiro atoms. The van der Waals surface area contributed by atoms with Gasteiger partial charge in [-0.3, -0.25) is 9.48 Å². The van der Waals surface area contributed by atoms with Gasteiger partial charge in [-0.1, -0.05) is 18.2 Å². The lowest BCUT2D eigenvalue weighted by Gasteiger charge is -2.17. The van der Waals surface area contributed by atoms with Crippen LogP contribution in [0.15, 0.2) is 47.8 Å². The van der Waals surface area contributed by atoms with Crippen LogP contribution >= 0.6 is 11.3 Å². The van der Waals surface area contributed by atoms with Crippen molar-refractivity contribution in [3.8, 4) is 10.6 Å². The molecule has 0 aliphatic heterocycles. The number of aryl methyl sites for hydroxylation is 2. The SMILES string of the molecule is Cc1nn(C)c2nc(-c3cccs3)cc(C(=O)OCC(=O)N(C)Cc3ccc(F)cc3)c12. The average Bonchev–Trinajstić information content (AvgIpc) is 3.41. The van der Waals surface area contributed by atoms with E-state index in [0.29, 0.717) is 28.0 Å². The summed E-state index contributed by atoms with van der Waals surface area (Å²) in [6.45, 7) is 1.67. The summed E-state index contributed by atoms with van der Waals surface area (Å²) in [4.78, 5) is 32.5. The van der Waals surface area contributed by atoms with E-state index in [-0.39, 0.29) is 18.3 Å². The van der Waals surface area contributed by atoms with Crippen molar-refractivity contribution in [1.29, 1.82) is 0 Å². The minimum Gasteiger partial charge on any atom is -0.452 e. The van der Waals surface area contributed by atoms with Gasteiger partial charge >= 0.3 is 5.97 Å². The number of fused-ring (bicyclic) bond motifs is 1.